The number of ether oxygens (including phenoxy) is 2. The van der Waals surface area contributed by atoms with E-state index in [1.807, 2.05) is 0 Å². The molecule has 1 heterocycles. The minimum Gasteiger partial charge on any atom is -0.486 e. The molecule has 2 aromatic carbocycles. The molecule has 1 N–H and O–H groups in total. The molecule has 0 unspecified atom stereocenters. The van der Waals surface area contributed by atoms with Gasteiger partial charge in [0.15, 0.2) is 11.5 Å². The quantitative estimate of drug-likeness (QED) is 0.867. The first-order valence-corrected chi connectivity index (χ1v) is 7.46. The number of fused-ring (bicyclic) bond motifs is 1. The minimum absolute atomic E-state index is 0.227. The summed E-state index contributed by atoms with van der Waals surface area (Å²) in [4.78, 5) is 12.3. The fourth-order valence-electron chi connectivity index (χ4n) is 1.97. The van der Waals surface area contributed by atoms with Crippen LogP contribution in [0, 0.1) is 0 Å². The molecule has 4 nitrogen and oxygen atoms in total. The van der Waals surface area contributed by atoms with Crippen molar-refractivity contribution in [2.24, 2.45) is 0 Å². The van der Waals surface area contributed by atoms with Gasteiger partial charge in [0.2, 0.25) is 0 Å². The second-order valence-electron chi connectivity index (χ2n) is 4.44. The van der Waals surface area contributed by atoms with Crippen molar-refractivity contribution < 1.29 is 14.3 Å². The number of nitrogens with one attached hydrogen (secondary N) is 1. The lowest BCUT2D eigenvalue weighted by Crippen LogP contribution is -2.17. The minimum atomic E-state index is -0.227. The summed E-state index contributed by atoms with van der Waals surface area (Å²) in [5.74, 6) is 1.02. The van der Waals surface area contributed by atoms with Gasteiger partial charge in [-0.2, -0.15) is 0 Å². The average Bonchev–Trinajstić information content (AvgIpc) is 2.49. The average molecular weight is 369 g/mol. The summed E-state index contributed by atoms with van der Waals surface area (Å²) in [7, 11) is 0. The molecular formula is C15H11BrClNO3. The Kier molecular flexibility index (Phi) is 4.03. The van der Waals surface area contributed by atoms with Crippen molar-refractivity contribution in [1.82, 2.24) is 0 Å². The van der Waals surface area contributed by atoms with Gasteiger partial charge in [-0.05, 0) is 52.3 Å². The molecule has 1 amide bonds. The third kappa shape index (κ3) is 3.14. The van der Waals surface area contributed by atoms with E-state index in [9.17, 15) is 4.79 Å². The number of amides is 1. The van der Waals surface area contributed by atoms with E-state index in [4.69, 9.17) is 21.1 Å². The molecule has 0 aromatic heterocycles. The predicted octanol–water partition coefficient (Wildman–Crippen LogP) is 4.13. The zero-order valence-electron chi connectivity index (χ0n) is 10.9. The molecule has 0 saturated carbocycles. The summed E-state index contributed by atoms with van der Waals surface area (Å²) < 4.78 is 11.6. The van der Waals surface area contributed by atoms with Crippen LogP contribution >= 0.6 is 27.5 Å². The summed E-state index contributed by atoms with van der Waals surface area (Å²) >= 11 is 9.24. The molecule has 1 aliphatic heterocycles. The van der Waals surface area contributed by atoms with Gasteiger partial charge in [0.25, 0.3) is 5.91 Å². The predicted molar refractivity (Wildman–Crippen MR) is 84.5 cm³/mol. The first-order chi connectivity index (χ1) is 10.1. The van der Waals surface area contributed by atoms with Gasteiger partial charge >= 0.3 is 0 Å². The van der Waals surface area contributed by atoms with Crippen LogP contribution < -0.4 is 14.8 Å². The number of benzene rings is 2. The summed E-state index contributed by atoms with van der Waals surface area (Å²) in [6, 6.07) is 10.3. The van der Waals surface area contributed by atoms with Gasteiger partial charge in [0, 0.05) is 15.1 Å². The Bertz CT molecular complexity index is 705. The Hall–Kier alpha value is -1.72. The van der Waals surface area contributed by atoms with Crippen molar-refractivity contribution in [2.45, 2.75) is 0 Å². The maximum absolute atomic E-state index is 12.3. The van der Waals surface area contributed by atoms with E-state index in [2.05, 4.69) is 21.2 Å². The van der Waals surface area contributed by atoms with E-state index in [1.54, 1.807) is 36.4 Å². The SMILES string of the molecule is O=C(Nc1ccc(Cl)cc1Br)c1ccc2c(c1)OCCO2. The smallest absolute Gasteiger partial charge is 0.255 e. The van der Waals surface area contributed by atoms with Crippen LogP contribution in [0.15, 0.2) is 40.9 Å². The van der Waals surface area contributed by atoms with Crippen LogP contribution in [0.5, 0.6) is 11.5 Å². The number of hydrogen-bond acceptors (Lipinski definition) is 3. The lowest BCUT2D eigenvalue weighted by atomic mass is 10.1. The number of rotatable bonds is 2. The Labute approximate surface area is 135 Å². The van der Waals surface area contributed by atoms with E-state index in [0.29, 0.717) is 41.0 Å². The Morgan fingerprint density at radius 2 is 1.86 bits per heavy atom. The van der Waals surface area contributed by atoms with Crippen LogP contribution in [-0.2, 0) is 0 Å². The van der Waals surface area contributed by atoms with Gasteiger partial charge in [-0.15, -0.1) is 0 Å². The van der Waals surface area contributed by atoms with Crippen molar-refractivity contribution >= 4 is 39.1 Å². The summed E-state index contributed by atoms with van der Waals surface area (Å²) in [5.41, 5.74) is 1.15. The maximum atomic E-state index is 12.3. The topological polar surface area (TPSA) is 47.6 Å². The second kappa shape index (κ2) is 5.95. The van der Waals surface area contributed by atoms with Gasteiger partial charge in [-0.3, -0.25) is 4.79 Å². The van der Waals surface area contributed by atoms with Crippen LogP contribution in [0.3, 0.4) is 0 Å². The third-order valence-electron chi connectivity index (χ3n) is 2.98. The molecule has 0 bridgehead atoms. The lowest BCUT2D eigenvalue weighted by Gasteiger charge is -2.18. The van der Waals surface area contributed by atoms with E-state index in [1.165, 1.54) is 0 Å². The van der Waals surface area contributed by atoms with Crippen molar-refractivity contribution in [3.63, 3.8) is 0 Å². The molecule has 3 rings (SSSR count). The highest BCUT2D eigenvalue weighted by Gasteiger charge is 2.15. The fraction of sp³-hybridized carbons (Fsp3) is 0.133. The van der Waals surface area contributed by atoms with Crippen molar-refractivity contribution in [2.75, 3.05) is 18.5 Å². The highest BCUT2D eigenvalue weighted by atomic mass is 79.9. The third-order valence-corrected chi connectivity index (χ3v) is 3.87. The van der Waals surface area contributed by atoms with Crippen LogP contribution in [0.4, 0.5) is 5.69 Å². The van der Waals surface area contributed by atoms with Gasteiger partial charge < -0.3 is 14.8 Å². The molecule has 6 heteroatoms. The summed E-state index contributed by atoms with van der Waals surface area (Å²) in [5, 5.41) is 3.42. The summed E-state index contributed by atoms with van der Waals surface area (Å²) in [6.45, 7) is 1.01. The van der Waals surface area contributed by atoms with E-state index >= 15 is 0 Å². The molecule has 108 valence electrons. The molecule has 0 atom stereocenters. The van der Waals surface area contributed by atoms with Crippen LogP contribution in [0.1, 0.15) is 10.4 Å². The molecule has 0 spiro atoms. The maximum Gasteiger partial charge on any atom is 0.255 e. The van der Waals surface area contributed by atoms with Crippen molar-refractivity contribution in [3.05, 3.63) is 51.5 Å². The number of carbonyl (C=O) groups is 1. The Morgan fingerprint density at radius 1 is 1.10 bits per heavy atom. The van der Waals surface area contributed by atoms with E-state index in [0.717, 1.165) is 4.47 Å². The first kappa shape index (κ1) is 14.2. The van der Waals surface area contributed by atoms with Crippen molar-refractivity contribution in [3.8, 4) is 11.5 Å². The molecule has 0 saturated heterocycles. The Balaban J connectivity index is 1.82. The largest absolute Gasteiger partial charge is 0.486 e. The van der Waals surface area contributed by atoms with Gasteiger partial charge in [0.05, 0.1) is 5.69 Å². The fourth-order valence-corrected chi connectivity index (χ4v) is 2.75. The number of anilines is 1. The highest BCUT2D eigenvalue weighted by Crippen LogP contribution is 2.31. The molecule has 0 aliphatic carbocycles. The zero-order chi connectivity index (χ0) is 14.8. The lowest BCUT2D eigenvalue weighted by molar-refractivity contribution is 0.102. The standard InChI is InChI=1S/C15H11BrClNO3/c16-11-8-10(17)2-3-12(11)18-15(19)9-1-4-13-14(7-9)21-6-5-20-13/h1-4,7-8H,5-6H2,(H,18,19). The van der Waals surface area contributed by atoms with Crippen LogP contribution in [0.25, 0.3) is 0 Å². The van der Waals surface area contributed by atoms with E-state index in [-0.39, 0.29) is 5.91 Å². The number of carbonyl (C=O) groups excluding carboxylic acids is 1. The molecule has 1 aliphatic rings. The zero-order valence-corrected chi connectivity index (χ0v) is 13.2. The molecular weight excluding hydrogens is 358 g/mol. The first-order valence-electron chi connectivity index (χ1n) is 6.29. The number of hydrogen-bond donors (Lipinski definition) is 1. The number of halogens is 2. The molecule has 2 aromatic rings. The normalized spacial score (nSPS) is 12.9. The van der Waals surface area contributed by atoms with Gasteiger partial charge in [-0.1, -0.05) is 11.6 Å². The van der Waals surface area contributed by atoms with Crippen molar-refractivity contribution in [1.29, 1.82) is 0 Å². The summed E-state index contributed by atoms with van der Waals surface area (Å²) in [6.07, 6.45) is 0. The van der Waals surface area contributed by atoms with Crippen LogP contribution in [-0.4, -0.2) is 19.1 Å². The van der Waals surface area contributed by atoms with Crippen LogP contribution in [0.2, 0.25) is 5.02 Å². The molecule has 0 radical (unpaired) electrons. The monoisotopic (exact) mass is 367 g/mol. The van der Waals surface area contributed by atoms with Gasteiger partial charge in [-0.25, -0.2) is 0 Å². The van der Waals surface area contributed by atoms with Gasteiger partial charge in [0.1, 0.15) is 13.2 Å². The molecule has 21 heavy (non-hydrogen) atoms. The molecule has 0 fully saturated rings. The second-order valence-corrected chi connectivity index (χ2v) is 5.73. The van der Waals surface area contributed by atoms with E-state index < -0.39 is 0 Å². The Morgan fingerprint density at radius 3 is 2.62 bits per heavy atom. The highest BCUT2D eigenvalue weighted by molar-refractivity contribution is 9.10.